The fourth-order valence-electron chi connectivity index (χ4n) is 4.53. The lowest BCUT2D eigenvalue weighted by atomic mass is 10.00. The summed E-state index contributed by atoms with van der Waals surface area (Å²) in [7, 11) is -6.39. The summed E-state index contributed by atoms with van der Waals surface area (Å²) < 4.78 is 57.0. The smallest absolute Gasteiger partial charge is 0.413 e. The molecule has 0 aliphatic carbocycles. The largest absolute Gasteiger partial charge is 0.453 e. The molecule has 236 valence electrons. The van der Waals surface area contributed by atoms with Gasteiger partial charge < -0.3 is 20.1 Å². The lowest BCUT2D eigenvalue weighted by Gasteiger charge is -2.31. The van der Waals surface area contributed by atoms with Gasteiger partial charge in [0, 0.05) is 25.3 Å². The highest BCUT2D eigenvalue weighted by atomic mass is 32.2. The molecular weight excluding hydrogens is 598 g/mol. The zero-order valence-electron chi connectivity index (χ0n) is 24.8. The number of H-pyrrole nitrogens is 1. The van der Waals surface area contributed by atoms with Crippen LogP contribution in [0.5, 0.6) is 0 Å². The highest BCUT2D eigenvalue weighted by Gasteiger charge is 2.32. The number of methoxy groups -OCH3 is 1. The van der Waals surface area contributed by atoms with Crippen LogP contribution in [0, 0.1) is 11.8 Å². The van der Waals surface area contributed by atoms with Gasteiger partial charge in [0.05, 0.1) is 40.9 Å². The van der Waals surface area contributed by atoms with E-state index in [9.17, 15) is 31.5 Å². The zero-order valence-corrected chi connectivity index (χ0v) is 26.4. The van der Waals surface area contributed by atoms with Crippen molar-refractivity contribution in [3.8, 4) is 0 Å². The number of benzene rings is 2. The first-order valence-electron chi connectivity index (χ1n) is 13.6. The zero-order chi connectivity index (χ0) is 31.9. The predicted octanol–water partition coefficient (Wildman–Crippen LogP) is 2.16. The number of aliphatic hydroxyl groups excluding tert-OH is 1. The molecule has 0 spiro atoms. The monoisotopic (exact) mass is 637 g/mol. The normalized spacial score (nSPS) is 14.4. The number of ether oxygens (including phenoxy) is 1. The number of fused-ring (bicyclic) bond motifs is 1. The van der Waals surface area contributed by atoms with E-state index in [4.69, 9.17) is 0 Å². The van der Waals surface area contributed by atoms with Crippen LogP contribution in [0.2, 0.25) is 0 Å². The number of nitrogens with zero attached hydrogens (tertiary/aromatic N) is 2. The molecule has 43 heavy (non-hydrogen) atoms. The summed E-state index contributed by atoms with van der Waals surface area (Å²) in [5.41, 5.74) is 1.56. The Morgan fingerprint density at radius 2 is 1.72 bits per heavy atom. The van der Waals surface area contributed by atoms with E-state index in [1.165, 1.54) is 32.2 Å². The molecule has 3 aromatic rings. The molecule has 0 aliphatic heterocycles. The molecule has 2 amide bonds. The van der Waals surface area contributed by atoms with Crippen molar-refractivity contribution in [1.29, 1.82) is 0 Å². The van der Waals surface area contributed by atoms with Crippen LogP contribution in [-0.2, 0) is 35.8 Å². The number of sulfone groups is 1. The fourth-order valence-corrected chi connectivity index (χ4v) is 7.23. The Kier molecular flexibility index (Phi) is 11.3. The molecular formula is C28H39N5O8S2. The Balaban J connectivity index is 1.90. The van der Waals surface area contributed by atoms with Gasteiger partial charge in [-0.25, -0.2) is 26.6 Å². The maximum atomic E-state index is 13.9. The van der Waals surface area contributed by atoms with E-state index in [0.717, 1.165) is 16.1 Å². The third-order valence-corrected chi connectivity index (χ3v) is 9.48. The first-order valence-corrected chi connectivity index (χ1v) is 17.1. The van der Waals surface area contributed by atoms with Gasteiger partial charge in [-0.15, -0.1) is 0 Å². The van der Waals surface area contributed by atoms with Gasteiger partial charge in [0.2, 0.25) is 21.9 Å². The van der Waals surface area contributed by atoms with E-state index in [1.54, 1.807) is 12.1 Å². The van der Waals surface area contributed by atoms with E-state index >= 15 is 0 Å². The Hall–Kier alpha value is -3.53. The lowest BCUT2D eigenvalue weighted by molar-refractivity contribution is -0.125. The molecule has 0 bridgehead atoms. The van der Waals surface area contributed by atoms with Crippen LogP contribution < -0.4 is 10.6 Å². The number of aromatic amines is 1. The second kappa shape index (κ2) is 14.3. The first-order chi connectivity index (χ1) is 20.1. The Morgan fingerprint density at radius 1 is 1.05 bits per heavy atom. The number of aliphatic hydroxyl groups is 1. The third-order valence-electron chi connectivity index (χ3n) is 6.55. The van der Waals surface area contributed by atoms with E-state index in [0.29, 0.717) is 11.0 Å². The van der Waals surface area contributed by atoms with E-state index in [2.05, 4.69) is 25.3 Å². The first kappa shape index (κ1) is 34.0. The van der Waals surface area contributed by atoms with Gasteiger partial charge in [-0.3, -0.25) is 10.1 Å². The van der Waals surface area contributed by atoms with Crippen molar-refractivity contribution in [2.75, 3.05) is 37.5 Å². The van der Waals surface area contributed by atoms with Gasteiger partial charge in [0.25, 0.3) is 0 Å². The standard InChI is InChI=1S/C28H39N5O8S2/c1-18(2)15-33(43(39,40)21-11-12-22-23(14-21)31-27(30-22)32-28(36)41-4)16-25(34)24(13-20-9-7-6-8-10-20)29-26(35)19(3)17-42(5,37)38/h6-12,14,18-19,24-25,34H,13,15-17H2,1-5H3,(H,29,35)(H2,30,31,32,36)/t19?,24-,25?/m0/s1. The number of carbonyl (C=O) groups is 2. The molecule has 13 nitrogen and oxygen atoms in total. The van der Waals surface area contributed by atoms with E-state index in [-0.39, 0.29) is 42.0 Å². The van der Waals surface area contributed by atoms with Crippen molar-refractivity contribution in [2.45, 2.75) is 44.2 Å². The number of anilines is 1. The Labute approximate surface area is 252 Å². The van der Waals surface area contributed by atoms with Gasteiger partial charge in [0.15, 0.2) is 0 Å². The topological polar surface area (TPSA) is 188 Å². The maximum Gasteiger partial charge on any atom is 0.413 e. The second-order valence-electron chi connectivity index (χ2n) is 11.0. The minimum atomic E-state index is -4.15. The van der Waals surface area contributed by atoms with Crippen molar-refractivity contribution in [3.63, 3.8) is 0 Å². The van der Waals surface area contributed by atoms with Gasteiger partial charge in [-0.1, -0.05) is 51.1 Å². The van der Waals surface area contributed by atoms with Crippen LogP contribution in [0.25, 0.3) is 11.0 Å². The number of rotatable bonds is 14. The summed E-state index contributed by atoms with van der Waals surface area (Å²) >= 11 is 0. The summed E-state index contributed by atoms with van der Waals surface area (Å²) in [5, 5.41) is 16.5. The number of imidazole rings is 1. The molecule has 0 fully saturated rings. The molecule has 3 rings (SSSR count). The number of hydrogen-bond acceptors (Lipinski definition) is 9. The maximum absolute atomic E-state index is 13.9. The number of carbonyl (C=O) groups excluding carboxylic acids is 2. The fraction of sp³-hybridized carbons (Fsp3) is 0.464. The van der Waals surface area contributed by atoms with Gasteiger partial charge in [-0.2, -0.15) is 4.31 Å². The summed E-state index contributed by atoms with van der Waals surface area (Å²) in [4.78, 5) is 31.5. The quantitative estimate of drug-likeness (QED) is 0.205. The molecule has 0 radical (unpaired) electrons. The summed E-state index contributed by atoms with van der Waals surface area (Å²) in [5.74, 6) is -1.84. The SMILES string of the molecule is COC(=O)Nc1nc2ccc(S(=O)(=O)N(CC(C)C)CC(O)[C@H](Cc3ccccc3)NC(=O)C(C)CS(C)(=O)=O)cc2[nH]1. The van der Waals surface area contributed by atoms with Crippen LogP contribution in [-0.4, -0.2) is 92.6 Å². The number of sulfonamides is 1. The second-order valence-corrected chi connectivity index (χ2v) is 15.1. The molecule has 1 aromatic heterocycles. The van der Waals surface area contributed by atoms with Crippen molar-refractivity contribution in [3.05, 3.63) is 54.1 Å². The molecule has 15 heteroatoms. The van der Waals surface area contributed by atoms with Gasteiger partial charge in [0.1, 0.15) is 9.84 Å². The molecule has 3 atom stereocenters. The highest BCUT2D eigenvalue weighted by molar-refractivity contribution is 7.90. The van der Waals surface area contributed by atoms with E-state index in [1.807, 2.05) is 32.0 Å². The molecule has 2 unspecified atom stereocenters. The minimum Gasteiger partial charge on any atom is -0.453 e. The molecule has 0 saturated heterocycles. The van der Waals surface area contributed by atoms with Crippen molar-refractivity contribution in [2.24, 2.45) is 11.8 Å². The average Bonchev–Trinajstić information content (AvgIpc) is 3.33. The average molecular weight is 638 g/mol. The van der Waals surface area contributed by atoms with Crippen LogP contribution in [0.3, 0.4) is 0 Å². The van der Waals surface area contributed by atoms with Crippen LogP contribution in [0.15, 0.2) is 53.4 Å². The Bertz CT molecular complexity index is 1620. The third kappa shape index (κ3) is 9.74. The van der Waals surface area contributed by atoms with Crippen molar-refractivity contribution in [1.82, 2.24) is 19.6 Å². The summed E-state index contributed by atoms with van der Waals surface area (Å²) in [6.07, 6.45) is -0.856. The molecule has 1 heterocycles. The lowest BCUT2D eigenvalue weighted by Crippen LogP contribution is -2.52. The molecule has 2 aromatic carbocycles. The molecule has 0 aliphatic rings. The van der Waals surface area contributed by atoms with Crippen LogP contribution in [0.4, 0.5) is 10.7 Å². The van der Waals surface area contributed by atoms with Gasteiger partial charge in [-0.05, 0) is 36.1 Å². The van der Waals surface area contributed by atoms with Gasteiger partial charge >= 0.3 is 6.09 Å². The van der Waals surface area contributed by atoms with E-state index < -0.39 is 49.9 Å². The predicted molar refractivity (Wildman–Crippen MR) is 163 cm³/mol. The number of hydrogen-bond donors (Lipinski definition) is 4. The van der Waals surface area contributed by atoms with Crippen molar-refractivity contribution < 1.29 is 36.3 Å². The number of amides is 2. The Morgan fingerprint density at radius 3 is 2.33 bits per heavy atom. The highest BCUT2D eigenvalue weighted by Crippen LogP contribution is 2.24. The molecule has 0 saturated carbocycles. The van der Waals surface area contributed by atoms with Crippen LogP contribution >= 0.6 is 0 Å². The summed E-state index contributed by atoms with van der Waals surface area (Å²) in [6.45, 7) is 4.90. The van der Waals surface area contributed by atoms with Crippen LogP contribution in [0.1, 0.15) is 26.3 Å². The summed E-state index contributed by atoms with van der Waals surface area (Å²) in [6, 6.07) is 12.4. The molecule has 4 N–H and O–H groups in total. The number of aromatic nitrogens is 2. The number of nitrogens with one attached hydrogen (secondary N) is 3. The van der Waals surface area contributed by atoms with Crippen molar-refractivity contribution >= 4 is 48.8 Å². The minimum absolute atomic E-state index is 0.0634.